The van der Waals surface area contributed by atoms with Gasteiger partial charge in [-0.15, -0.1) is 0 Å². The van der Waals surface area contributed by atoms with Crippen molar-refractivity contribution < 1.29 is 29.2 Å². The maximum absolute atomic E-state index is 10.8. The Morgan fingerprint density at radius 2 is 1.93 bits per heavy atom. The summed E-state index contributed by atoms with van der Waals surface area (Å²) in [5.41, 5.74) is 0. The molecule has 0 aliphatic carbocycles. The van der Waals surface area contributed by atoms with Gasteiger partial charge in [0.05, 0.1) is 6.10 Å². The van der Waals surface area contributed by atoms with Gasteiger partial charge in [-0.1, -0.05) is 0 Å². The lowest BCUT2D eigenvalue weighted by Gasteiger charge is -2.40. The number of rotatable bonds is 2. The predicted molar refractivity (Wildman–Crippen MR) is 48.9 cm³/mol. The van der Waals surface area contributed by atoms with Crippen LogP contribution in [0.4, 0.5) is 0 Å². The molecule has 0 saturated carbocycles. The van der Waals surface area contributed by atoms with Gasteiger partial charge >= 0.3 is 5.97 Å². The molecule has 0 aromatic heterocycles. The van der Waals surface area contributed by atoms with Gasteiger partial charge in [-0.3, -0.25) is 4.79 Å². The minimum absolute atomic E-state index is 0.513. The molecule has 1 rings (SSSR count). The quantitative estimate of drug-likeness (QED) is 0.582. The van der Waals surface area contributed by atoms with Crippen molar-refractivity contribution in [1.82, 2.24) is 0 Å². The van der Waals surface area contributed by atoms with Crippen LogP contribution >= 0.6 is 0 Å². The third kappa shape index (κ3) is 2.66. The van der Waals surface area contributed by atoms with E-state index < -0.39 is 36.7 Å². The number of ether oxygens (including phenoxy) is 3. The van der Waals surface area contributed by atoms with Gasteiger partial charge in [0.1, 0.15) is 12.2 Å². The molecule has 0 amide bonds. The first-order chi connectivity index (χ1) is 6.97. The summed E-state index contributed by atoms with van der Waals surface area (Å²) in [7, 11) is 1.33. The average molecular weight is 220 g/mol. The maximum Gasteiger partial charge on any atom is 0.303 e. The van der Waals surface area contributed by atoms with Crippen molar-refractivity contribution in [2.24, 2.45) is 0 Å². The van der Waals surface area contributed by atoms with Crippen molar-refractivity contribution >= 4 is 5.97 Å². The van der Waals surface area contributed by atoms with E-state index in [1.807, 2.05) is 0 Å². The summed E-state index contributed by atoms with van der Waals surface area (Å²) in [4.78, 5) is 10.8. The molecule has 0 radical (unpaired) electrons. The molecule has 1 heterocycles. The van der Waals surface area contributed by atoms with E-state index in [1.54, 1.807) is 6.92 Å². The molecule has 2 N–H and O–H groups in total. The predicted octanol–water partition coefficient (Wildman–Crippen LogP) is -0.969. The molecule has 1 fully saturated rings. The molecule has 15 heavy (non-hydrogen) atoms. The van der Waals surface area contributed by atoms with Crippen LogP contribution in [0.2, 0.25) is 0 Å². The van der Waals surface area contributed by atoms with E-state index in [2.05, 4.69) is 0 Å². The van der Waals surface area contributed by atoms with Crippen LogP contribution in [-0.4, -0.2) is 54.0 Å². The van der Waals surface area contributed by atoms with Gasteiger partial charge in [-0.05, 0) is 6.92 Å². The Labute approximate surface area is 87.7 Å². The summed E-state index contributed by atoms with van der Waals surface area (Å²) in [6.45, 7) is 2.85. The third-order valence-electron chi connectivity index (χ3n) is 2.35. The second-order valence-corrected chi connectivity index (χ2v) is 3.50. The first kappa shape index (κ1) is 12.4. The summed E-state index contributed by atoms with van der Waals surface area (Å²) in [5, 5.41) is 19.2. The van der Waals surface area contributed by atoms with Crippen molar-refractivity contribution in [2.45, 2.75) is 44.6 Å². The van der Waals surface area contributed by atoms with Crippen LogP contribution in [0.25, 0.3) is 0 Å². The molecule has 0 aromatic rings. The van der Waals surface area contributed by atoms with Crippen LogP contribution in [0.15, 0.2) is 0 Å². The highest BCUT2D eigenvalue weighted by Gasteiger charge is 2.44. The Morgan fingerprint density at radius 1 is 1.33 bits per heavy atom. The minimum Gasteiger partial charge on any atom is -0.457 e. The lowest BCUT2D eigenvalue weighted by Crippen LogP contribution is -2.58. The molecule has 88 valence electrons. The Hall–Kier alpha value is -0.690. The molecule has 0 bridgehead atoms. The standard InChI is InChI=1S/C9H16O6/c1-4-7(15-5(2)10)6(11)8(13-3)9(12)14-4/h4,6-9,11-12H,1-3H3/t4-,6+,7+,8-,9+/m0/s1. The number of methoxy groups -OCH3 is 1. The highest BCUT2D eigenvalue weighted by molar-refractivity contribution is 5.66. The first-order valence-corrected chi connectivity index (χ1v) is 4.69. The zero-order valence-electron chi connectivity index (χ0n) is 8.91. The Bertz CT molecular complexity index is 231. The first-order valence-electron chi connectivity index (χ1n) is 4.69. The molecular weight excluding hydrogens is 204 g/mol. The zero-order valence-corrected chi connectivity index (χ0v) is 8.91. The van der Waals surface area contributed by atoms with Gasteiger partial charge in [-0.25, -0.2) is 0 Å². The molecule has 0 aromatic carbocycles. The summed E-state index contributed by atoms with van der Waals surface area (Å²) in [5.74, 6) is -0.513. The molecule has 0 spiro atoms. The van der Waals surface area contributed by atoms with Crippen molar-refractivity contribution in [2.75, 3.05) is 7.11 Å². The molecule has 1 aliphatic rings. The van der Waals surface area contributed by atoms with Gasteiger partial charge in [0.2, 0.25) is 0 Å². The van der Waals surface area contributed by atoms with Crippen molar-refractivity contribution in [3.05, 3.63) is 0 Å². The zero-order chi connectivity index (χ0) is 11.6. The van der Waals surface area contributed by atoms with Gasteiger partial charge in [0, 0.05) is 14.0 Å². The van der Waals surface area contributed by atoms with Crippen molar-refractivity contribution in [1.29, 1.82) is 0 Å². The number of esters is 1. The SMILES string of the molecule is CO[C@H]1[C@H](O)[C@H](OC(C)=O)[C@H](C)O[C@H]1O. The second kappa shape index (κ2) is 4.89. The Kier molecular flexibility index (Phi) is 4.04. The molecule has 1 saturated heterocycles. The summed E-state index contributed by atoms with van der Waals surface area (Å²) >= 11 is 0. The number of hydrogen-bond acceptors (Lipinski definition) is 6. The monoisotopic (exact) mass is 220 g/mol. The van der Waals surface area contributed by atoms with Gasteiger partial charge in [-0.2, -0.15) is 0 Å². The van der Waals surface area contributed by atoms with E-state index in [4.69, 9.17) is 14.2 Å². The van der Waals surface area contributed by atoms with Crippen LogP contribution in [0.3, 0.4) is 0 Å². The lowest BCUT2D eigenvalue weighted by molar-refractivity contribution is -0.286. The fraction of sp³-hybridized carbons (Fsp3) is 0.889. The highest BCUT2D eigenvalue weighted by Crippen LogP contribution is 2.23. The van der Waals surface area contributed by atoms with E-state index in [-0.39, 0.29) is 0 Å². The molecule has 1 aliphatic heterocycles. The highest BCUT2D eigenvalue weighted by atomic mass is 16.7. The number of aliphatic hydroxyl groups excluding tert-OH is 2. The van der Waals surface area contributed by atoms with E-state index in [0.29, 0.717) is 0 Å². The van der Waals surface area contributed by atoms with Gasteiger partial charge in [0.15, 0.2) is 12.4 Å². The second-order valence-electron chi connectivity index (χ2n) is 3.50. The Morgan fingerprint density at radius 3 is 2.40 bits per heavy atom. The van der Waals surface area contributed by atoms with E-state index in [9.17, 15) is 15.0 Å². The van der Waals surface area contributed by atoms with Crippen LogP contribution < -0.4 is 0 Å². The Balaban J connectivity index is 2.73. The summed E-state index contributed by atoms with van der Waals surface area (Å²) < 4.78 is 14.8. The summed E-state index contributed by atoms with van der Waals surface area (Å²) in [6, 6.07) is 0. The van der Waals surface area contributed by atoms with E-state index in [1.165, 1.54) is 14.0 Å². The number of carbonyl (C=O) groups is 1. The van der Waals surface area contributed by atoms with Crippen LogP contribution in [0, 0.1) is 0 Å². The van der Waals surface area contributed by atoms with Crippen molar-refractivity contribution in [3.63, 3.8) is 0 Å². The normalized spacial score (nSPS) is 41.3. The fourth-order valence-corrected chi connectivity index (χ4v) is 1.62. The number of carbonyl (C=O) groups excluding carboxylic acids is 1. The van der Waals surface area contributed by atoms with E-state index >= 15 is 0 Å². The average Bonchev–Trinajstić information content (AvgIpc) is 2.12. The topological polar surface area (TPSA) is 85.2 Å². The number of aliphatic hydroxyl groups is 2. The molecule has 6 heteroatoms. The van der Waals surface area contributed by atoms with Gasteiger partial charge in [0.25, 0.3) is 0 Å². The molecule has 6 nitrogen and oxygen atoms in total. The number of hydrogen-bond donors (Lipinski definition) is 2. The fourth-order valence-electron chi connectivity index (χ4n) is 1.62. The largest absolute Gasteiger partial charge is 0.457 e. The smallest absolute Gasteiger partial charge is 0.303 e. The minimum atomic E-state index is -1.22. The molecular formula is C9H16O6. The van der Waals surface area contributed by atoms with Crippen LogP contribution in [0.1, 0.15) is 13.8 Å². The third-order valence-corrected chi connectivity index (χ3v) is 2.35. The van der Waals surface area contributed by atoms with Crippen molar-refractivity contribution in [3.8, 4) is 0 Å². The van der Waals surface area contributed by atoms with Crippen LogP contribution in [-0.2, 0) is 19.0 Å². The maximum atomic E-state index is 10.8. The van der Waals surface area contributed by atoms with Gasteiger partial charge < -0.3 is 24.4 Å². The van der Waals surface area contributed by atoms with E-state index in [0.717, 1.165) is 0 Å². The summed E-state index contributed by atoms with van der Waals surface area (Å²) in [6.07, 6.45) is -4.63. The molecule has 0 unspecified atom stereocenters. The molecule has 5 atom stereocenters. The van der Waals surface area contributed by atoms with Crippen LogP contribution in [0.5, 0.6) is 0 Å². The lowest BCUT2D eigenvalue weighted by atomic mass is 9.99.